The van der Waals surface area contributed by atoms with Gasteiger partial charge in [0, 0.05) is 17.6 Å². The van der Waals surface area contributed by atoms with Crippen molar-refractivity contribution in [3.05, 3.63) is 54.6 Å². The largest absolute Gasteiger partial charge is 0.382 e. The van der Waals surface area contributed by atoms with Crippen molar-refractivity contribution < 1.29 is 0 Å². The van der Waals surface area contributed by atoms with Gasteiger partial charge in [-0.15, -0.1) is 0 Å². The summed E-state index contributed by atoms with van der Waals surface area (Å²) in [5.74, 6) is 1.64. The zero-order valence-corrected chi connectivity index (χ0v) is 11.3. The van der Waals surface area contributed by atoms with Crippen LogP contribution in [0.15, 0.2) is 49.1 Å². The molecule has 1 saturated carbocycles. The first-order valence-corrected chi connectivity index (χ1v) is 7.23. The van der Waals surface area contributed by atoms with Crippen LogP contribution < -0.4 is 5.32 Å². The average molecular weight is 266 g/mol. The molecule has 102 valence electrons. The zero-order valence-electron chi connectivity index (χ0n) is 11.3. The molecule has 0 amide bonds. The van der Waals surface area contributed by atoms with Crippen LogP contribution in [0, 0.1) is 11.8 Å². The number of benzene rings is 1. The molecule has 0 saturated heterocycles. The van der Waals surface area contributed by atoms with E-state index < -0.39 is 0 Å². The van der Waals surface area contributed by atoms with Crippen molar-refractivity contribution in [1.29, 1.82) is 0 Å². The first kappa shape index (κ1) is 11.7. The van der Waals surface area contributed by atoms with Gasteiger partial charge in [0.25, 0.3) is 0 Å². The number of hydrogen-bond donors (Lipinski definition) is 1. The fourth-order valence-electron chi connectivity index (χ4n) is 3.36. The Morgan fingerprint density at radius 3 is 3.20 bits per heavy atom. The predicted octanol–water partition coefficient (Wildman–Crippen LogP) is 2.70. The minimum Gasteiger partial charge on any atom is -0.382 e. The maximum absolute atomic E-state index is 4.15. The summed E-state index contributed by atoms with van der Waals surface area (Å²) in [5.41, 5.74) is 2.46. The van der Waals surface area contributed by atoms with Crippen molar-refractivity contribution in [2.24, 2.45) is 11.8 Å². The van der Waals surface area contributed by atoms with Gasteiger partial charge in [-0.1, -0.05) is 24.3 Å². The smallest absolute Gasteiger partial charge is 0.137 e. The van der Waals surface area contributed by atoms with Crippen LogP contribution >= 0.6 is 0 Å². The van der Waals surface area contributed by atoms with E-state index in [9.17, 15) is 0 Å². The number of hydrogen-bond acceptors (Lipinski definition) is 3. The number of rotatable bonds is 4. The lowest BCUT2D eigenvalue weighted by Crippen LogP contribution is -2.43. The molecule has 4 heteroatoms. The Labute approximate surface area is 118 Å². The standard InChI is InChI=1S/C16H18N4/c1-3-12(9-20-11-17-10-18-20)7-14(5-1)19-16-8-13-4-2-6-15(13)16/h1-3,5-7,10-11,13,15-16,19H,4,8-9H2. The third-order valence-corrected chi connectivity index (χ3v) is 4.45. The van der Waals surface area contributed by atoms with Crippen LogP contribution in [0.25, 0.3) is 0 Å². The summed E-state index contributed by atoms with van der Waals surface area (Å²) in [7, 11) is 0. The first-order chi connectivity index (χ1) is 9.88. The van der Waals surface area contributed by atoms with Gasteiger partial charge >= 0.3 is 0 Å². The van der Waals surface area contributed by atoms with Crippen LogP contribution in [0.2, 0.25) is 0 Å². The SMILES string of the molecule is C1=CC2C(C1)CC2Nc1cccc(Cn2cncn2)c1. The summed E-state index contributed by atoms with van der Waals surface area (Å²) in [5, 5.41) is 7.82. The molecular weight excluding hydrogens is 248 g/mol. The van der Waals surface area contributed by atoms with Gasteiger partial charge in [-0.2, -0.15) is 5.10 Å². The van der Waals surface area contributed by atoms with E-state index in [2.05, 4.69) is 51.8 Å². The average Bonchev–Trinajstić information content (AvgIpc) is 3.06. The van der Waals surface area contributed by atoms with Crippen molar-refractivity contribution >= 4 is 5.69 Å². The topological polar surface area (TPSA) is 42.7 Å². The Hall–Kier alpha value is -2.10. The molecule has 4 nitrogen and oxygen atoms in total. The Morgan fingerprint density at radius 2 is 2.35 bits per heavy atom. The normalized spacial score (nSPS) is 27.1. The third-order valence-electron chi connectivity index (χ3n) is 4.45. The predicted molar refractivity (Wildman–Crippen MR) is 78.3 cm³/mol. The maximum atomic E-state index is 4.15. The van der Waals surface area contributed by atoms with Crippen molar-refractivity contribution in [3.63, 3.8) is 0 Å². The molecular formula is C16H18N4. The quantitative estimate of drug-likeness (QED) is 0.865. The van der Waals surface area contributed by atoms with Crippen LogP contribution in [-0.4, -0.2) is 20.8 Å². The van der Waals surface area contributed by atoms with Gasteiger partial charge in [-0.25, -0.2) is 9.67 Å². The molecule has 1 N–H and O–H groups in total. The summed E-state index contributed by atoms with van der Waals surface area (Å²) >= 11 is 0. The second kappa shape index (κ2) is 4.78. The lowest BCUT2D eigenvalue weighted by molar-refractivity contribution is 0.218. The van der Waals surface area contributed by atoms with Crippen LogP contribution in [0.5, 0.6) is 0 Å². The number of fused-ring (bicyclic) bond motifs is 1. The number of nitrogens with one attached hydrogen (secondary N) is 1. The summed E-state index contributed by atoms with van der Waals surface area (Å²) in [4.78, 5) is 3.98. The van der Waals surface area contributed by atoms with E-state index in [0.29, 0.717) is 6.04 Å². The molecule has 1 aromatic heterocycles. The van der Waals surface area contributed by atoms with Gasteiger partial charge in [0.1, 0.15) is 12.7 Å². The van der Waals surface area contributed by atoms with Gasteiger partial charge in [0.2, 0.25) is 0 Å². The Bertz CT molecular complexity index is 617. The lowest BCUT2D eigenvalue weighted by atomic mass is 9.71. The van der Waals surface area contributed by atoms with E-state index in [4.69, 9.17) is 0 Å². The first-order valence-electron chi connectivity index (χ1n) is 7.23. The Morgan fingerprint density at radius 1 is 1.35 bits per heavy atom. The number of allylic oxidation sites excluding steroid dienone is 1. The van der Waals surface area contributed by atoms with Gasteiger partial charge < -0.3 is 5.32 Å². The lowest BCUT2D eigenvalue weighted by Gasteiger charge is -2.41. The summed E-state index contributed by atoms with van der Waals surface area (Å²) in [6.07, 6.45) is 10.6. The highest BCUT2D eigenvalue weighted by Gasteiger charge is 2.40. The van der Waals surface area contributed by atoms with Gasteiger partial charge in [-0.05, 0) is 36.5 Å². The molecule has 0 spiro atoms. The molecule has 4 rings (SSSR count). The Kier molecular flexibility index (Phi) is 2.80. The number of anilines is 1. The highest BCUT2D eigenvalue weighted by atomic mass is 15.3. The van der Waals surface area contributed by atoms with Crippen LogP contribution in [0.3, 0.4) is 0 Å². The van der Waals surface area contributed by atoms with Gasteiger partial charge in [0.05, 0.1) is 6.54 Å². The maximum Gasteiger partial charge on any atom is 0.137 e. The molecule has 1 aromatic carbocycles. The highest BCUT2D eigenvalue weighted by Crippen LogP contribution is 2.44. The zero-order chi connectivity index (χ0) is 13.4. The van der Waals surface area contributed by atoms with E-state index in [1.165, 1.54) is 24.1 Å². The van der Waals surface area contributed by atoms with Crippen LogP contribution in [0.4, 0.5) is 5.69 Å². The second-order valence-corrected chi connectivity index (χ2v) is 5.78. The minimum atomic E-state index is 0.611. The van der Waals surface area contributed by atoms with Crippen molar-refractivity contribution in [3.8, 4) is 0 Å². The molecule has 1 heterocycles. The van der Waals surface area contributed by atoms with Crippen molar-refractivity contribution in [2.45, 2.75) is 25.4 Å². The molecule has 2 aliphatic rings. The van der Waals surface area contributed by atoms with Crippen molar-refractivity contribution in [1.82, 2.24) is 14.8 Å². The molecule has 0 radical (unpaired) electrons. The molecule has 1 fully saturated rings. The molecule has 2 aliphatic carbocycles. The third kappa shape index (κ3) is 2.11. The van der Waals surface area contributed by atoms with E-state index >= 15 is 0 Å². The number of nitrogens with zero attached hydrogens (tertiary/aromatic N) is 3. The number of aromatic nitrogens is 3. The van der Waals surface area contributed by atoms with Crippen LogP contribution in [0.1, 0.15) is 18.4 Å². The van der Waals surface area contributed by atoms with E-state index in [0.717, 1.165) is 18.4 Å². The molecule has 3 atom stereocenters. The van der Waals surface area contributed by atoms with Gasteiger partial charge in [-0.3, -0.25) is 0 Å². The fraction of sp³-hybridized carbons (Fsp3) is 0.375. The highest BCUT2D eigenvalue weighted by molar-refractivity contribution is 5.47. The van der Waals surface area contributed by atoms with Crippen molar-refractivity contribution in [2.75, 3.05) is 5.32 Å². The summed E-state index contributed by atoms with van der Waals surface area (Å²) < 4.78 is 1.85. The monoisotopic (exact) mass is 266 g/mol. The summed E-state index contributed by atoms with van der Waals surface area (Å²) in [6, 6.07) is 9.21. The summed E-state index contributed by atoms with van der Waals surface area (Å²) in [6.45, 7) is 0.770. The molecule has 2 aromatic rings. The minimum absolute atomic E-state index is 0.611. The molecule has 3 unspecified atom stereocenters. The van der Waals surface area contributed by atoms with E-state index in [1.807, 2.05) is 4.68 Å². The van der Waals surface area contributed by atoms with E-state index in [1.54, 1.807) is 12.7 Å². The van der Waals surface area contributed by atoms with Crippen LogP contribution in [-0.2, 0) is 6.54 Å². The van der Waals surface area contributed by atoms with Gasteiger partial charge in [0.15, 0.2) is 0 Å². The molecule has 20 heavy (non-hydrogen) atoms. The van der Waals surface area contributed by atoms with E-state index in [-0.39, 0.29) is 0 Å². The Balaban J connectivity index is 1.45. The molecule has 0 bridgehead atoms. The second-order valence-electron chi connectivity index (χ2n) is 5.78. The molecule has 0 aliphatic heterocycles. The fourth-order valence-corrected chi connectivity index (χ4v) is 3.36.